The summed E-state index contributed by atoms with van der Waals surface area (Å²) in [4.78, 5) is 0. The van der Waals surface area contributed by atoms with Crippen LogP contribution in [-0.2, 0) is 13.6 Å². The van der Waals surface area contributed by atoms with Crippen molar-refractivity contribution in [1.82, 2.24) is 9.78 Å². The lowest BCUT2D eigenvalue weighted by Gasteiger charge is -2.02. The van der Waals surface area contributed by atoms with E-state index in [2.05, 4.69) is 31.1 Å². The molecule has 0 radical (unpaired) electrons. The van der Waals surface area contributed by atoms with E-state index in [0.29, 0.717) is 6.54 Å². The van der Waals surface area contributed by atoms with E-state index >= 15 is 0 Å². The van der Waals surface area contributed by atoms with Crippen LogP contribution in [0.15, 0.2) is 12.1 Å². The van der Waals surface area contributed by atoms with Crippen molar-refractivity contribution in [3.63, 3.8) is 0 Å². The molecule has 0 aliphatic carbocycles. The topological polar surface area (TPSA) is 43.8 Å². The van der Waals surface area contributed by atoms with Gasteiger partial charge in [-0.25, -0.2) is 0 Å². The summed E-state index contributed by atoms with van der Waals surface area (Å²) in [5.41, 5.74) is 10.3. The fourth-order valence-corrected chi connectivity index (χ4v) is 1.78. The van der Waals surface area contributed by atoms with Crippen molar-refractivity contribution in [3.8, 4) is 0 Å². The van der Waals surface area contributed by atoms with Gasteiger partial charge in [-0.3, -0.25) is 4.68 Å². The molecule has 2 rings (SSSR count). The SMILES string of the molecule is Cc1c(CN)ccc2c(C)n(C)nc12. The molecule has 14 heavy (non-hydrogen) atoms. The molecular formula is C11H15N3. The fraction of sp³-hybridized carbons (Fsp3) is 0.364. The highest BCUT2D eigenvalue weighted by Crippen LogP contribution is 2.22. The molecule has 0 spiro atoms. The normalized spacial score (nSPS) is 11.1. The lowest BCUT2D eigenvalue weighted by molar-refractivity contribution is 0.750. The van der Waals surface area contributed by atoms with Crippen LogP contribution in [-0.4, -0.2) is 9.78 Å². The van der Waals surface area contributed by atoms with Crippen LogP contribution in [0.2, 0.25) is 0 Å². The minimum absolute atomic E-state index is 0.581. The van der Waals surface area contributed by atoms with Crippen LogP contribution in [0.4, 0.5) is 0 Å². The zero-order valence-corrected chi connectivity index (χ0v) is 8.83. The fourth-order valence-electron chi connectivity index (χ4n) is 1.78. The largest absolute Gasteiger partial charge is 0.326 e. The van der Waals surface area contributed by atoms with Crippen molar-refractivity contribution < 1.29 is 0 Å². The lowest BCUT2D eigenvalue weighted by atomic mass is 10.0. The number of hydrogen-bond acceptors (Lipinski definition) is 2. The minimum Gasteiger partial charge on any atom is -0.326 e. The second-order valence-electron chi connectivity index (χ2n) is 3.66. The van der Waals surface area contributed by atoms with Gasteiger partial charge in [0.25, 0.3) is 0 Å². The van der Waals surface area contributed by atoms with Gasteiger partial charge in [0.1, 0.15) is 0 Å². The van der Waals surface area contributed by atoms with E-state index in [1.54, 1.807) is 0 Å². The number of nitrogens with zero attached hydrogens (tertiary/aromatic N) is 2. The van der Waals surface area contributed by atoms with Gasteiger partial charge in [-0.1, -0.05) is 12.1 Å². The quantitative estimate of drug-likeness (QED) is 0.741. The molecule has 3 heteroatoms. The molecule has 0 atom stereocenters. The number of nitrogens with two attached hydrogens (primary N) is 1. The van der Waals surface area contributed by atoms with Crippen LogP contribution in [0.3, 0.4) is 0 Å². The third-order valence-electron chi connectivity index (χ3n) is 2.89. The van der Waals surface area contributed by atoms with E-state index in [4.69, 9.17) is 5.73 Å². The molecule has 0 unspecified atom stereocenters. The molecule has 2 aromatic rings. The molecule has 0 amide bonds. The minimum atomic E-state index is 0.581. The van der Waals surface area contributed by atoms with Crippen LogP contribution < -0.4 is 5.73 Å². The summed E-state index contributed by atoms with van der Waals surface area (Å²) in [6.45, 7) is 4.74. The first kappa shape index (κ1) is 9.21. The van der Waals surface area contributed by atoms with Crippen LogP contribution in [0.5, 0.6) is 0 Å². The van der Waals surface area contributed by atoms with E-state index in [9.17, 15) is 0 Å². The summed E-state index contributed by atoms with van der Waals surface area (Å²) in [6.07, 6.45) is 0. The molecule has 0 fully saturated rings. The predicted molar refractivity (Wildman–Crippen MR) is 58.1 cm³/mol. The molecule has 2 N–H and O–H groups in total. The van der Waals surface area contributed by atoms with Gasteiger partial charge >= 0.3 is 0 Å². The number of benzene rings is 1. The van der Waals surface area contributed by atoms with Crippen LogP contribution in [0, 0.1) is 13.8 Å². The average Bonchev–Trinajstić information content (AvgIpc) is 2.46. The molecule has 0 bridgehead atoms. The second kappa shape index (κ2) is 3.10. The van der Waals surface area contributed by atoms with E-state index in [1.165, 1.54) is 22.2 Å². The Morgan fingerprint density at radius 1 is 1.36 bits per heavy atom. The monoisotopic (exact) mass is 189 g/mol. The summed E-state index contributed by atoms with van der Waals surface area (Å²) in [6, 6.07) is 4.19. The van der Waals surface area contributed by atoms with Crippen molar-refractivity contribution in [2.45, 2.75) is 20.4 Å². The Bertz CT molecular complexity index is 483. The van der Waals surface area contributed by atoms with Gasteiger partial charge in [0.05, 0.1) is 5.52 Å². The smallest absolute Gasteiger partial charge is 0.0958 e. The second-order valence-corrected chi connectivity index (χ2v) is 3.66. The molecule has 0 aliphatic heterocycles. The molecule has 1 aromatic heterocycles. The number of rotatable bonds is 1. The Hall–Kier alpha value is -1.35. The molecule has 3 nitrogen and oxygen atoms in total. The average molecular weight is 189 g/mol. The maximum absolute atomic E-state index is 5.65. The highest BCUT2D eigenvalue weighted by atomic mass is 15.3. The van der Waals surface area contributed by atoms with E-state index in [0.717, 1.165) is 5.52 Å². The van der Waals surface area contributed by atoms with Crippen LogP contribution >= 0.6 is 0 Å². The summed E-state index contributed by atoms with van der Waals surface area (Å²) < 4.78 is 1.91. The first-order valence-corrected chi connectivity index (χ1v) is 4.77. The summed E-state index contributed by atoms with van der Waals surface area (Å²) in [5.74, 6) is 0. The van der Waals surface area contributed by atoms with Gasteiger partial charge in [-0.05, 0) is 25.0 Å². The number of hydrogen-bond donors (Lipinski definition) is 1. The predicted octanol–water partition coefficient (Wildman–Crippen LogP) is 1.65. The summed E-state index contributed by atoms with van der Waals surface area (Å²) in [5, 5.41) is 5.71. The van der Waals surface area contributed by atoms with Gasteiger partial charge in [-0.15, -0.1) is 0 Å². The van der Waals surface area contributed by atoms with Gasteiger partial charge in [-0.2, -0.15) is 5.10 Å². The lowest BCUT2D eigenvalue weighted by Crippen LogP contribution is -1.99. The van der Waals surface area contributed by atoms with Gasteiger partial charge < -0.3 is 5.73 Å². The Labute approximate surface area is 83.5 Å². The van der Waals surface area contributed by atoms with Crippen molar-refractivity contribution in [2.75, 3.05) is 0 Å². The Balaban J connectivity index is 2.83. The number of aryl methyl sites for hydroxylation is 3. The summed E-state index contributed by atoms with van der Waals surface area (Å²) in [7, 11) is 1.97. The third kappa shape index (κ3) is 1.13. The number of fused-ring (bicyclic) bond motifs is 1. The maximum atomic E-state index is 5.65. The first-order chi connectivity index (χ1) is 6.65. The molecular weight excluding hydrogens is 174 g/mol. The molecule has 74 valence electrons. The van der Waals surface area contributed by atoms with Crippen molar-refractivity contribution in [1.29, 1.82) is 0 Å². The molecule has 1 heterocycles. The summed E-state index contributed by atoms with van der Waals surface area (Å²) >= 11 is 0. The number of aromatic nitrogens is 2. The maximum Gasteiger partial charge on any atom is 0.0958 e. The van der Waals surface area contributed by atoms with Crippen LogP contribution in [0.1, 0.15) is 16.8 Å². The van der Waals surface area contributed by atoms with Crippen LogP contribution in [0.25, 0.3) is 10.9 Å². The zero-order valence-electron chi connectivity index (χ0n) is 8.83. The van der Waals surface area contributed by atoms with Gasteiger partial charge in [0.15, 0.2) is 0 Å². The molecule has 1 aromatic carbocycles. The van der Waals surface area contributed by atoms with Crippen molar-refractivity contribution in [2.24, 2.45) is 12.8 Å². The van der Waals surface area contributed by atoms with Crippen molar-refractivity contribution >= 4 is 10.9 Å². The van der Waals surface area contributed by atoms with E-state index in [1.807, 2.05) is 11.7 Å². The molecule has 0 saturated carbocycles. The van der Waals surface area contributed by atoms with Gasteiger partial charge in [0.2, 0.25) is 0 Å². The van der Waals surface area contributed by atoms with E-state index < -0.39 is 0 Å². The highest BCUT2D eigenvalue weighted by Gasteiger charge is 2.08. The molecule has 0 saturated heterocycles. The Kier molecular flexibility index (Phi) is 2.04. The molecule has 0 aliphatic rings. The Morgan fingerprint density at radius 2 is 2.07 bits per heavy atom. The third-order valence-corrected chi connectivity index (χ3v) is 2.89. The van der Waals surface area contributed by atoms with E-state index in [-0.39, 0.29) is 0 Å². The van der Waals surface area contributed by atoms with Gasteiger partial charge in [0, 0.05) is 24.7 Å². The zero-order chi connectivity index (χ0) is 10.3. The van der Waals surface area contributed by atoms with Crippen molar-refractivity contribution in [3.05, 3.63) is 29.0 Å². The Morgan fingerprint density at radius 3 is 2.71 bits per heavy atom. The highest BCUT2D eigenvalue weighted by molar-refractivity contribution is 5.85. The first-order valence-electron chi connectivity index (χ1n) is 4.77. The standard InChI is InChI=1S/C11H15N3/c1-7-9(6-12)4-5-10-8(2)14(3)13-11(7)10/h4-5H,6,12H2,1-3H3.